The SMILES string of the molecule is Nc1ccn(C(O)CCO)c(=O)n1. The fraction of sp³-hybridized carbons (Fsp3) is 0.429. The average Bonchev–Trinajstić information content (AvgIpc) is 2.04. The first kappa shape index (κ1) is 9.69. The summed E-state index contributed by atoms with van der Waals surface area (Å²) in [7, 11) is 0. The van der Waals surface area contributed by atoms with Crippen molar-refractivity contribution in [2.24, 2.45) is 0 Å². The van der Waals surface area contributed by atoms with Crippen LogP contribution in [0.3, 0.4) is 0 Å². The van der Waals surface area contributed by atoms with Gasteiger partial charge in [0.25, 0.3) is 0 Å². The second-order valence-electron chi connectivity index (χ2n) is 2.54. The molecule has 0 saturated carbocycles. The zero-order valence-electron chi connectivity index (χ0n) is 6.92. The number of nitrogen functional groups attached to an aromatic ring is 1. The lowest BCUT2D eigenvalue weighted by molar-refractivity contribution is 0.0686. The predicted octanol–water partition coefficient (Wildman–Crippen LogP) is -1.30. The summed E-state index contributed by atoms with van der Waals surface area (Å²) < 4.78 is 1.01. The number of aliphatic hydroxyl groups excluding tert-OH is 2. The number of aromatic nitrogens is 2. The van der Waals surface area contributed by atoms with Crippen LogP contribution in [0.25, 0.3) is 0 Å². The number of aliphatic hydroxyl groups is 2. The highest BCUT2D eigenvalue weighted by molar-refractivity contribution is 5.23. The fourth-order valence-corrected chi connectivity index (χ4v) is 0.907. The normalized spacial score (nSPS) is 12.8. The molecule has 0 aliphatic carbocycles. The van der Waals surface area contributed by atoms with Crippen molar-refractivity contribution in [1.82, 2.24) is 9.55 Å². The second-order valence-corrected chi connectivity index (χ2v) is 2.54. The summed E-state index contributed by atoms with van der Waals surface area (Å²) in [6.07, 6.45) is 0.377. The lowest BCUT2D eigenvalue weighted by Gasteiger charge is -2.11. The van der Waals surface area contributed by atoms with Gasteiger partial charge in [-0.15, -0.1) is 0 Å². The van der Waals surface area contributed by atoms with Gasteiger partial charge >= 0.3 is 5.69 Å². The van der Waals surface area contributed by atoms with E-state index in [0.717, 1.165) is 4.57 Å². The minimum atomic E-state index is -1.05. The molecular formula is C7H11N3O3. The Morgan fingerprint density at radius 3 is 2.92 bits per heavy atom. The van der Waals surface area contributed by atoms with E-state index in [1.165, 1.54) is 12.3 Å². The largest absolute Gasteiger partial charge is 0.396 e. The van der Waals surface area contributed by atoms with Gasteiger partial charge in [-0.1, -0.05) is 0 Å². The van der Waals surface area contributed by atoms with E-state index in [2.05, 4.69) is 4.98 Å². The lowest BCUT2D eigenvalue weighted by Crippen LogP contribution is -2.27. The molecule has 6 nitrogen and oxygen atoms in total. The molecule has 13 heavy (non-hydrogen) atoms. The number of anilines is 1. The molecule has 0 fully saturated rings. The van der Waals surface area contributed by atoms with Crippen LogP contribution in [0.1, 0.15) is 12.6 Å². The monoisotopic (exact) mass is 185 g/mol. The third-order valence-electron chi connectivity index (χ3n) is 1.56. The van der Waals surface area contributed by atoms with Crippen LogP contribution in [-0.2, 0) is 0 Å². The summed E-state index contributed by atoms with van der Waals surface area (Å²) in [4.78, 5) is 14.5. The standard InChI is InChI=1S/C7H11N3O3/c8-5-1-3-10(7(13)9-5)6(12)2-4-11/h1,3,6,11-12H,2,4H2,(H2,8,9,13). The Morgan fingerprint density at radius 1 is 1.69 bits per heavy atom. The minimum Gasteiger partial charge on any atom is -0.396 e. The maximum atomic E-state index is 11.1. The molecule has 72 valence electrons. The minimum absolute atomic E-state index is 0.0888. The molecule has 0 radical (unpaired) electrons. The van der Waals surface area contributed by atoms with Crippen LogP contribution < -0.4 is 11.4 Å². The zero-order chi connectivity index (χ0) is 9.84. The quantitative estimate of drug-likeness (QED) is 0.543. The van der Waals surface area contributed by atoms with Gasteiger partial charge in [-0.3, -0.25) is 4.57 Å². The molecule has 1 rings (SSSR count). The highest BCUT2D eigenvalue weighted by Gasteiger charge is 2.07. The zero-order valence-corrected chi connectivity index (χ0v) is 6.92. The van der Waals surface area contributed by atoms with Crippen molar-refractivity contribution in [3.63, 3.8) is 0 Å². The predicted molar refractivity (Wildman–Crippen MR) is 45.9 cm³/mol. The van der Waals surface area contributed by atoms with Crippen molar-refractivity contribution in [2.45, 2.75) is 12.6 Å². The Kier molecular flexibility index (Phi) is 2.99. The number of hydrogen-bond acceptors (Lipinski definition) is 5. The second kappa shape index (κ2) is 4.01. The van der Waals surface area contributed by atoms with Crippen LogP contribution in [0.2, 0.25) is 0 Å². The van der Waals surface area contributed by atoms with Crippen molar-refractivity contribution in [3.05, 3.63) is 22.7 Å². The third-order valence-corrected chi connectivity index (χ3v) is 1.56. The molecular weight excluding hydrogens is 174 g/mol. The van der Waals surface area contributed by atoms with Crippen LogP contribution in [0.15, 0.2) is 17.1 Å². The van der Waals surface area contributed by atoms with E-state index in [1.807, 2.05) is 0 Å². The number of nitrogens with zero attached hydrogens (tertiary/aromatic N) is 2. The van der Waals surface area contributed by atoms with Gasteiger partial charge < -0.3 is 15.9 Å². The van der Waals surface area contributed by atoms with Gasteiger partial charge in [0.05, 0.1) is 0 Å². The Hall–Kier alpha value is -1.40. The van der Waals surface area contributed by atoms with E-state index in [1.54, 1.807) is 0 Å². The molecule has 1 unspecified atom stereocenters. The topological polar surface area (TPSA) is 101 Å². The van der Waals surface area contributed by atoms with Crippen LogP contribution in [0, 0.1) is 0 Å². The van der Waals surface area contributed by atoms with Gasteiger partial charge in [-0.25, -0.2) is 4.79 Å². The lowest BCUT2D eigenvalue weighted by atomic mass is 10.4. The molecule has 1 atom stereocenters. The highest BCUT2D eigenvalue weighted by atomic mass is 16.3. The summed E-state index contributed by atoms with van der Waals surface area (Å²) in [5.74, 6) is 0.109. The third kappa shape index (κ3) is 2.27. The highest BCUT2D eigenvalue weighted by Crippen LogP contribution is 2.03. The Balaban J connectivity index is 2.95. The molecule has 4 N–H and O–H groups in total. The molecule has 1 aromatic heterocycles. The fourth-order valence-electron chi connectivity index (χ4n) is 0.907. The van der Waals surface area contributed by atoms with E-state index < -0.39 is 11.9 Å². The molecule has 0 amide bonds. The van der Waals surface area contributed by atoms with Crippen LogP contribution >= 0.6 is 0 Å². The van der Waals surface area contributed by atoms with Gasteiger partial charge in [0, 0.05) is 19.2 Å². The van der Waals surface area contributed by atoms with Gasteiger partial charge in [0.2, 0.25) is 0 Å². The smallest absolute Gasteiger partial charge is 0.351 e. The molecule has 0 saturated heterocycles. The van der Waals surface area contributed by atoms with Crippen molar-refractivity contribution in [1.29, 1.82) is 0 Å². The van der Waals surface area contributed by atoms with Gasteiger partial charge in [-0.05, 0) is 6.07 Å². The Labute approximate surface area is 74.3 Å². The molecule has 1 aromatic rings. The van der Waals surface area contributed by atoms with Crippen molar-refractivity contribution in [2.75, 3.05) is 12.3 Å². The number of rotatable bonds is 3. The van der Waals surface area contributed by atoms with E-state index in [9.17, 15) is 9.90 Å². The van der Waals surface area contributed by atoms with E-state index in [-0.39, 0.29) is 18.8 Å². The van der Waals surface area contributed by atoms with Crippen LogP contribution in [-0.4, -0.2) is 26.4 Å². The van der Waals surface area contributed by atoms with Crippen LogP contribution in [0.4, 0.5) is 5.82 Å². The van der Waals surface area contributed by atoms with Gasteiger partial charge in [-0.2, -0.15) is 4.98 Å². The first-order valence-corrected chi connectivity index (χ1v) is 3.78. The first-order valence-electron chi connectivity index (χ1n) is 3.78. The number of hydrogen-bond donors (Lipinski definition) is 3. The molecule has 1 heterocycles. The molecule has 0 spiro atoms. The molecule has 0 bridgehead atoms. The van der Waals surface area contributed by atoms with Crippen molar-refractivity contribution < 1.29 is 10.2 Å². The summed E-state index contributed by atoms with van der Waals surface area (Å²) in [6, 6.07) is 1.40. The molecule has 0 aliphatic heterocycles. The Bertz CT molecular complexity index is 336. The number of nitrogens with two attached hydrogens (primary N) is 1. The maximum absolute atomic E-state index is 11.1. The average molecular weight is 185 g/mol. The van der Waals surface area contributed by atoms with E-state index in [4.69, 9.17) is 10.8 Å². The van der Waals surface area contributed by atoms with Gasteiger partial charge in [0.1, 0.15) is 12.0 Å². The Morgan fingerprint density at radius 2 is 2.38 bits per heavy atom. The molecule has 0 aliphatic rings. The van der Waals surface area contributed by atoms with Gasteiger partial charge in [0.15, 0.2) is 0 Å². The van der Waals surface area contributed by atoms with Crippen molar-refractivity contribution >= 4 is 5.82 Å². The molecule has 0 aromatic carbocycles. The first-order chi connectivity index (χ1) is 6.15. The summed E-state index contributed by atoms with van der Waals surface area (Å²) in [5.41, 5.74) is 4.62. The summed E-state index contributed by atoms with van der Waals surface area (Å²) in [6.45, 7) is -0.196. The molecule has 6 heteroatoms. The van der Waals surface area contributed by atoms with Crippen molar-refractivity contribution in [3.8, 4) is 0 Å². The maximum Gasteiger partial charge on any atom is 0.351 e. The summed E-state index contributed by atoms with van der Waals surface area (Å²) in [5, 5.41) is 17.8. The van der Waals surface area contributed by atoms with Crippen LogP contribution in [0.5, 0.6) is 0 Å². The van der Waals surface area contributed by atoms with E-state index >= 15 is 0 Å². The summed E-state index contributed by atoms with van der Waals surface area (Å²) >= 11 is 0. The van der Waals surface area contributed by atoms with E-state index in [0.29, 0.717) is 0 Å².